The molecule has 0 heterocycles. The summed E-state index contributed by atoms with van der Waals surface area (Å²) in [5.41, 5.74) is 7.92. The number of fused-ring (bicyclic) bond motifs is 17. The zero-order valence-corrected chi connectivity index (χ0v) is 48.4. The number of rotatable bonds is 3. The molecular weight excluding hydrogens is 781 g/mol. The van der Waals surface area contributed by atoms with Crippen molar-refractivity contribution in [2.24, 2.45) is 130 Å². The summed E-state index contributed by atoms with van der Waals surface area (Å²) in [6, 6.07) is 0. The van der Waals surface area contributed by atoms with Crippen molar-refractivity contribution in [2.75, 3.05) is 0 Å². The molecule has 0 heteroatoms. The van der Waals surface area contributed by atoms with Gasteiger partial charge < -0.3 is 0 Å². The second-order valence-electron chi connectivity index (χ2n) is 32.8. The fourth-order valence-electron chi connectivity index (χ4n) is 23.0. The zero-order chi connectivity index (χ0) is 48.4. The van der Waals surface area contributed by atoms with Crippen molar-refractivity contribution in [1.29, 1.82) is 0 Å². The summed E-state index contributed by atoms with van der Waals surface area (Å²) in [7, 11) is 0. The fourth-order valence-corrected chi connectivity index (χ4v) is 23.0. The quantitative estimate of drug-likeness (QED) is 0.248. The third kappa shape index (κ3) is 6.60. The Bertz CT molecular complexity index is 1740. The van der Waals surface area contributed by atoms with Crippen LogP contribution in [0.2, 0.25) is 0 Å². The molecule has 0 aliphatic heterocycles. The Morgan fingerprint density at radius 2 is 0.846 bits per heavy atom. The molecule has 12 aliphatic rings. The lowest BCUT2D eigenvalue weighted by Gasteiger charge is -2.52. The van der Waals surface area contributed by atoms with E-state index in [0.29, 0.717) is 65.0 Å². The summed E-state index contributed by atoms with van der Waals surface area (Å²) in [6.07, 6.45) is 29.9. The van der Waals surface area contributed by atoms with Crippen LogP contribution in [0.4, 0.5) is 0 Å². The molecule has 17 atom stereocenters. The average molecular weight is 898 g/mol. The smallest absolute Gasteiger partial charge is 0.0218 e. The van der Waals surface area contributed by atoms with Crippen LogP contribution in [0.15, 0.2) is 0 Å². The van der Waals surface area contributed by atoms with Crippen LogP contribution in [0.5, 0.6) is 0 Å². The van der Waals surface area contributed by atoms with Gasteiger partial charge in [-0.25, -0.2) is 0 Å². The first kappa shape index (κ1) is 51.4. The molecule has 0 amide bonds. The molecule has 0 saturated heterocycles. The van der Waals surface area contributed by atoms with Crippen LogP contribution < -0.4 is 0 Å². The predicted molar refractivity (Wildman–Crippen MR) is 284 cm³/mol. The summed E-state index contributed by atoms with van der Waals surface area (Å²) < 4.78 is 0. The average Bonchev–Trinajstić information content (AvgIpc) is 4.12. The minimum atomic E-state index is 0.545. The Labute approximate surface area is 408 Å². The van der Waals surface area contributed by atoms with Gasteiger partial charge in [0.15, 0.2) is 0 Å². The molecule has 12 aliphatic carbocycles. The van der Waals surface area contributed by atoms with Gasteiger partial charge in [-0.15, -0.1) is 0 Å². The maximum atomic E-state index is 2.60. The first-order valence-corrected chi connectivity index (χ1v) is 29.6. The molecular formula is C65H116. The molecule has 0 aromatic heterocycles. The molecule has 12 saturated carbocycles. The van der Waals surface area contributed by atoms with Crippen LogP contribution in [0.1, 0.15) is 281 Å². The van der Waals surface area contributed by atoms with Crippen LogP contribution in [-0.4, -0.2) is 0 Å². The summed E-state index contributed by atoms with van der Waals surface area (Å²) in [4.78, 5) is 0. The normalized spacial score (nSPS) is 54.0. The summed E-state index contributed by atoms with van der Waals surface area (Å²) in [5.74, 6) is 11.0. The van der Waals surface area contributed by atoms with Gasteiger partial charge in [-0.1, -0.05) is 165 Å². The van der Waals surface area contributed by atoms with Crippen molar-refractivity contribution >= 4 is 0 Å². The van der Waals surface area contributed by atoms with E-state index in [1.165, 1.54) is 120 Å². The summed E-state index contributed by atoms with van der Waals surface area (Å²) >= 11 is 0. The largest absolute Gasteiger partial charge is 0.0649 e. The van der Waals surface area contributed by atoms with Crippen molar-refractivity contribution in [3.63, 3.8) is 0 Å². The van der Waals surface area contributed by atoms with Gasteiger partial charge in [-0.05, 0) is 245 Å². The molecule has 0 spiro atoms. The molecule has 0 aromatic rings. The Hall–Kier alpha value is 0. The van der Waals surface area contributed by atoms with Gasteiger partial charge >= 0.3 is 0 Å². The topological polar surface area (TPSA) is 0 Å². The summed E-state index contributed by atoms with van der Waals surface area (Å²) in [5, 5.41) is 0. The van der Waals surface area contributed by atoms with Gasteiger partial charge in [-0.3, -0.25) is 0 Å². The Kier molecular flexibility index (Phi) is 12.2. The maximum Gasteiger partial charge on any atom is -0.0218 e. The van der Waals surface area contributed by atoms with Crippen LogP contribution in [0.25, 0.3) is 0 Å². The van der Waals surface area contributed by atoms with Crippen LogP contribution in [-0.2, 0) is 0 Å². The zero-order valence-electron chi connectivity index (χ0n) is 48.4. The van der Waals surface area contributed by atoms with E-state index in [4.69, 9.17) is 0 Å². The third-order valence-corrected chi connectivity index (χ3v) is 31.1. The van der Waals surface area contributed by atoms with Crippen molar-refractivity contribution < 1.29 is 0 Å². The van der Waals surface area contributed by atoms with E-state index in [9.17, 15) is 0 Å². The Balaban J connectivity index is 0.000000111. The highest BCUT2D eigenvalue weighted by molar-refractivity contribution is 5.18. The lowest BCUT2D eigenvalue weighted by molar-refractivity contribution is -0.0318. The van der Waals surface area contributed by atoms with E-state index < -0.39 is 0 Å². The summed E-state index contributed by atoms with van der Waals surface area (Å²) in [6.45, 7) is 54.8. The molecule has 12 rings (SSSR count). The van der Waals surface area contributed by atoms with Crippen LogP contribution in [0, 0.1) is 130 Å². The third-order valence-electron chi connectivity index (χ3n) is 31.1. The van der Waals surface area contributed by atoms with E-state index in [1.807, 2.05) is 0 Å². The minimum absolute atomic E-state index is 0.545. The van der Waals surface area contributed by atoms with Gasteiger partial charge in [0, 0.05) is 0 Å². The Morgan fingerprint density at radius 1 is 0.369 bits per heavy atom. The molecule has 12 fully saturated rings. The van der Waals surface area contributed by atoms with Crippen molar-refractivity contribution in [3.05, 3.63) is 0 Å². The molecule has 65 heavy (non-hydrogen) atoms. The molecule has 0 N–H and O–H groups in total. The second-order valence-corrected chi connectivity index (χ2v) is 32.8. The molecule has 17 unspecified atom stereocenters. The first-order chi connectivity index (χ1) is 29.6. The molecule has 0 radical (unpaired) electrons. The van der Waals surface area contributed by atoms with Crippen molar-refractivity contribution in [3.8, 4) is 0 Å². The van der Waals surface area contributed by atoms with Gasteiger partial charge in [0.2, 0.25) is 0 Å². The standard InChI is InChI=1S/C15H24.2C13H24.2C12H22/c1-3-15(2)8-11-7-12(15)14-10-5-4-9(6-10)13(11)14;1-6-13(5)11(2,3)10-7-8-12(13,4)9-10;1-6-12(4)9-10-7-8-13(12,5)11(10,2)3;1-10(2)9-6-7-12(5,8-9)11(10,3)4;1-10(2)8-9-6-7-12(10,5)11(9,3)4/h9-14H,3-8H2,1-2H3;2*10H,6-9H2,1-5H3;2*9H,6-8H2,1-5H3. The second kappa shape index (κ2) is 15.5. The fraction of sp³-hybridized carbons (Fsp3) is 1.00. The van der Waals surface area contributed by atoms with E-state index >= 15 is 0 Å². The van der Waals surface area contributed by atoms with Crippen molar-refractivity contribution in [1.82, 2.24) is 0 Å². The highest BCUT2D eigenvalue weighted by atomic mass is 14.7. The molecule has 0 aromatic carbocycles. The predicted octanol–water partition coefficient (Wildman–Crippen LogP) is 20.3. The van der Waals surface area contributed by atoms with Crippen LogP contribution >= 0.6 is 0 Å². The van der Waals surface area contributed by atoms with Crippen LogP contribution in [0.3, 0.4) is 0 Å². The van der Waals surface area contributed by atoms with E-state index in [1.54, 1.807) is 32.1 Å². The van der Waals surface area contributed by atoms with Gasteiger partial charge in [0.05, 0.1) is 0 Å². The van der Waals surface area contributed by atoms with Gasteiger partial charge in [-0.2, -0.15) is 0 Å². The first-order valence-electron chi connectivity index (χ1n) is 29.6. The lowest BCUT2D eigenvalue weighted by Crippen LogP contribution is -2.44. The van der Waals surface area contributed by atoms with E-state index in [0.717, 1.165) is 40.9 Å². The van der Waals surface area contributed by atoms with E-state index in [2.05, 4.69) is 152 Å². The minimum Gasteiger partial charge on any atom is -0.0649 e. The van der Waals surface area contributed by atoms with Gasteiger partial charge in [0.25, 0.3) is 0 Å². The Morgan fingerprint density at radius 3 is 1.17 bits per heavy atom. The molecule has 376 valence electrons. The number of hydrogen-bond acceptors (Lipinski definition) is 0. The van der Waals surface area contributed by atoms with Gasteiger partial charge in [0.1, 0.15) is 0 Å². The highest BCUT2D eigenvalue weighted by Gasteiger charge is 2.69. The van der Waals surface area contributed by atoms with Crippen molar-refractivity contribution in [2.45, 2.75) is 281 Å². The molecule has 12 bridgehead atoms. The maximum absolute atomic E-state index is 2.60. The van der Waals surface area contributed by atoms with E-state index in [-0.39, 0.29) is 0 Å². The molecule has 0 nitrogen and oxygen atoms in total. The number of hydrogen-bond donors (Lipinski definition) is 0. The highest BCUT2D eigenvalue weighted by Crippen LogP contribution is 2.77. The monoisotopic (exact) mass is 897 g/mol. The SMILES string of the molecule is CC1(C)CC2CCC1(C)C2(C)C.CC12CCC(C1)C(C)(C)C2(C)C.CCC1(C)C2(C)CCC(C2)C1(C)C.CCC1(C)CC2CC1C1C3CCC(C3)C21.CCC1(C)CC2CCC1(C)C2(C)C. The lowest BCUT2D eigenvalue weighted by atomic mass is 9.53.